The number of halogens is 4. The van der Waals surface area contributed by atoms with Crippen molar-refractivity contribution < 1.29 is 27.1 Å². The molecule has 0 rings (SSSR count). The fourth-order valence-electron chi connectivity index (χ4n) is 0.582. The van der Waals surface area contributed by atoms with E-state index in [1.807, 2.05) is 0 Å². The van der Waals surface area contributed by atoms with E-state index in [0.717, 1.165) is 0 Å². The predicted octanol–water partition coefficient (Wildman–Crippen LogP) is 1.43. The molecule has 7 heteroatoms. The minimum absolute atomic E-state index is 0.273. The van der Waals surface area contributed by atoms with E-state index < -0.39 is 23.9 Å². The lowest BCUT2D eigenvalue weighted by atomic mass is 10.1. The van der Waals surface area contributed by atoms with Gasteiger partial charge in [-0.05, 0) is 13.8 Å². The van der Waals surface area contributed by atoms with Crippen LogP contribution in [0.2, 0.25) is 0 Å². The van der Waals surface area contributed by atoms with Crippen molar-refractivity contribution in [2.24, 2.45) is 0 Å². The fraction of sp³-hybridized carbons (Fsp3) is 0.875. The van der Waals surface area contributed by atoms with Crippen LogP contribution in [0.4, 0.5) is 17.6 Å². The third-order valence-corrected chi connectivity index (χ3v) is 1.80. The lowest BCUT2D eigenvalue weighted by molar-refractivity contribution is -0.170. The van der Waals surface area contributed by atoms with E-state index in [2.05, 4.69) is 0 Å². The highest BCUT2D eigenvalue weighted by atomic mass is 19.3. The number of carbonyl (C=O) groups is 1. The van der Waals surface area contributed by atoms with Gasteiger partial charge in [-0.25, -0.2) is 8.78 Å². The zero-order valence-electron chi connectivity index (χ0n) is 8.61. The van der Waals surface area contributed by atoms with Crippen molar-refractivity contribution in [2.75, 3.05) is 13.7 Å². The SMILES string of the molecule is COC(C)(C)CNC(=O)C(F)(F)C(F)F. The van der Waals surface area contributed by atoms with Gasteiger partial charge >= 0.3 is 12.3 Å². The van der Waals surface area contributed by atoms with Gasteiger partial charge in [0.2, 0.25) is 0 Å². The molecule has 0 heterocycles. The number of alkyl halides is 4. The van der Waals surface area contributed by atoms with E-state index in [0.29, 0.717) is 0 Å². The molecule has 0 aromatic heterocycles. The second-order valence-corrected chi connectivity index (χ2v) is 3.57. The number of carbonyl (C=O) groups excluding carboxylic acids is 1. The molecule has 0 fully saturated rings. The van der Waals surface area contributed by atoms with Gasteiger partial charge < -0.3 is 10.1 Å². The first-order valence-corrected chi connectivity index (χ1v) is 4.13. The van der Waals surface area contributed by atoms with Crippen molar-refractivity contribution in [1.82, 2.24) is 5.32 Å². The van der Waals surface area contributed by atoms with Gasteiger partial charge in [-0.1, -0.05) is 0 Å². The summed E-state index contributed by atoms with van der Waals surface area (Å²) in [5.41, 5.74) is -0.881. The normalized spacial score (nSPS) is 13.1. The van der Waals surface area contributed by atoms with Crippen molar-refractivity contribution in [3.63, 3.8) is 0 Å². The second kappa shape index (κ2) is 4.78. The number of hydrogen-bond acceptors (Lipinski definition) is 2. The molecule has 0 aliphatic heterocycles. The highest BCUT2D eigenvalue weighted by molar-refractivity contribution is 5.83. The monoisotopic (exact) mass is 231 g/mol. The molecule has 1 amide bonds. The number of amides is 1. The number of hydrogen-bond donors (Lipinski definition) is 1. The maximum Gasteiger partial charge on any atom is 0.383 e. The quantitative estimate of drug-likeness (QED) is 0.727. The Kier molecular flexibility index (Phi) is 4.51. The van der Waals surface area contributed by atoms with E-state index in [1.165, 1.54) is 21.0 Å². The Morgan fingerprint density at radius 2 is 1.87 bits per heavy atom. The van der Waals surface area contributed by atoms with Crippen LogP contribution in [0.5, 0.6) is 0 Å². The maximum absolute atomic E-state index is 12.4. The van der Waals surface area contributed by atoms with Crippen LogP contribution in [0.3, 0.4) is 0 Å². The molecule has 0 saturated heterocycles. The highest BCUT2D eigenvalue weighted by Crippen LogP contribution is 2.22. The third kappa shape index (κ3) is 4.03. The average molecular weight is 231 g/mol. The molecule has 0 bridgehead atoms. The van der Waals surface area contributed by atoms with E-state index >= 15 is 0 Å². The number of methoxy groups -OCH3 is 1. The Morgan fingerprint density at radius 3 is 2.20 bits per heavy atom. The van der Waals surface area contributed by atoms with Crippen LogP contribution in [0, 0.1) is 0 Å². The number of rotatable bonds is 5. The Hall–Kier alpha value is -0.850. The van der Waals surface area contributed by atoms with Crippen molar-refractivity contribution in [3.8, 4) is 0 Å². The number of nitrogens with one attached hydrogen (secondary N) is 1. The molecule has 0 spiro atoms. The Bertz CT molecular complexity index is 231. The molecule has 0 aromatic carbocycles. The van der Waals surface area contributed by atoms with E-state index in [9.17, 15) is 22.4 Å². The smallest absolute Gasteiger partial charge is 0.377 e. The van der Waals surface area contributed by atoms with Crippen LogP contribution < -0.4 is 5.32 Å². The summed E-state index contributed by atoms with van der Waals surface area (Å²) < 4.78 is 53.1. The third-order valence-electron chi connectivity index (χ3n) is 1.80. The summed E-state index contributed by atoms with van der Waals surface area (Å²) >= 11 is 0. The molecule has 0 aliphatic carbocycles. The Labute approximate surface area is 84.8 Å². The molecule has 0 saturated carbocycles. The minimum atomic E-state index is -4.66. The van der Waals surface area contributed by atoms with Gasteiger partial charge in [-0.15, -0.1) is 0 Å². The lowest BCUT2D eigenvalue weighted by Crippen LogP contribution is -2.49. The molecular formula is C8H13F4NO2. The van der Waals surface area contributed by atoms with Gasteiger partial charge in [0.15, 0.2) is 0 Å². The largest absolute Gasteiger partial charge is 0.383 e. The van der Waals surface area contributed by atoms with Gasteiger partial charge in [0, 0.05) is 13.7 Å². The van der Waals surface area contributed by atoms with E-state index in [4.69, 9.17) is 4.74 Å². The standard InChI is InChI=1S/C8H13F4NO2/c1-7(2,15-3)4-13-6(14)8(11,12)5(9)10/h5H,4H2,1-3H3,(H,13,14). The van der Waals surface area contributed by atoms with Gasteiger partial charge in [-0.3, -0.25) is 4.79 Å². The fourth-order valence-corrected chi connectivity index (χ4v) is 0.582. The zero-order valence-corrected chi connectivity index (χ0v) is 8.61. The maximum atomic E-state index is 12.4. The highest BCUT2D eigenvalue weighted by Gasteiger charge is 2.49. The molecule has 0 aromatic rings. The van der Waals surface area contributed by atoms with Crippen molar-refractivity contribution in [2.45, 2.75) is 31.8 Å². The molecule has 3 nitrogen and oxygen atoms in total. The van der Waals surface area contributed by atoms with Crippen LogP contribution in [-0.4, -0.2) is 37.5 Å². The van der Waals surface area contributed by atoms with Gasteiger partial charge in [0.1, 0.15) is 0 Å². The first-order valence-electron chi connectivity index (χ1n) is 4.13. The summed E-state index contributed by atoms with van der Waals surface area (Å²) in [7, 11) is 1.32. The van der Waals surface area contributed by atoms with Crippen LogP contribution >= 0.6 is 0 Å². The summed E-state index contributed by atoms with van der Waals surface area (Å²) in [5.74, 6) is -6.66. The lowest BCUT2D eigenvalue weighted by Gasteiger charge is -2.24. The van der Waals surface area contributed by atoms with Gasteiger partial charge in [-0.2, -0.15) is 8.78 Å². The molecule has 0 aliphatic rings. The predicted molar refractivity (Wildman–Crippen MR) is 45.0 cm³/mol. The van der Waals surface area contributed by atoms with Crippen LogP contribution in [0.1, 0.15) is 13.8 Å². The molecule has 0 unspecified atom stereocenters. The molecular weight excluding hydrogens is 218 g/mol. The topological polar surface area (TPSA) is 38.3 Å². The molecule has 15 heavy (non-hydrogen) atoms. The minimum Gasteiger partial charge on any atom is -0.377 e. The Balaban J connectivity index is 4.28. The van der Waals surface area contributed by atoms with Crippen LogP contribution in [0.15, 0.2) is 0 Å². The average Bonchev–Trinajstić information content (AvgIpc) is 2.14. The van der Waals surface area contributed by atoms with Gasteiger partial charge in [0.25, 0.3) is 5.91 Å². The second-order valence-electron chi connectivity index (χ2n) is 3.57. The van der Waals surface area contributed by atoms with Crippen molar-refractivity contribution >= 4 is 5.91 Å². The molecule has 0 radical (unpaired) electrons. The summed E-state index contributed by atoms with van der Waals surface area (Å²) in [5, 5.41) is 1.70. The van der Waals surface area contributed by atoms with Crippen molar-refractivity contribution in [3.05, 3.63) is 0 Å². The number of ether oxygens (including phenoxy) is 1. The molecule has 1 N–H and O–H groups in total. The van der Waals surface area contributed by atoms with Crippen molar-refractivity contribution in [1.29, 1.82) is 0 Å². The summed E-state index contributed by atoms with van der Waals surface area (Å²) in [4.78, 5) is 10.7. The van der Waals surface area contributed by atoms with Gasteiger partial charge in [0.05, 0.1) is 5.60 Å². The zero-order chi connectivity index (χ0) is 12.3. The summed E-state index contributed by atoms with van der Waals surface area (Å²) in [6.07, 6.45) is -4.01. The molecule has 90 valence electrons. The van der Waals surface area contributed by atoms with E-state index in [-0.39, 0.29) is 6.54 Å². The van der Waals surface area contributed by atoms with Crippen LogP contribution in [0.25, 0.3) is 0 Å². The molecule has 0 atom stereocenters. The first-order chi connectivity index (χ1) is 6.63. The summed E-state index contributed by atoms with van der Waals surface area (Å²) in [6, 6.07) is 0. The van der Waals surface area contributed by atoms with E-state index in [1.54, 1.807) is 5.32 Å². The van der Waals surface area contributed by atoms with Crippen LogP contribution in [-0.2, 0) is 9.53 Å². The Morgan fingerprint density at radius 1 is 1.40 bits per heavy atom. The summed E-state index contributed by atoms with van der Waals surface area (Å²) in [6.45, 7) is 2.77. The first kappa shape index (κ1) is 14.2.